The van der Waals surface area contributed by atoms with Crippen LogP contribution in [0.2, 0.25) is 0 Å². The number of likely N-dealkylation sites (tertiary alicyclic amines) is 1. The predicted molar refractivity (Wildman–Crippen MR) is 143 cm³/mol. The lowest BCUT2D eigenvalue weighted by atomic mass is 9.92. The molecule has 0 aliphatic carbocycles. The lowest BCUT2D eigenvalue weighted by Gasteiger charge is -2.32. The van der Waals surface area contributed by atoms with E-state index in [0.717, 1.165) is 77.1 Å². The van der Waals surface area contributed by atoms with E-state index < -0.39 is 5.97 Å². The summed E-state index contributed by atoms with van der Waals surface area (Å²) < 4.78 is 8.04. The number of para-hydroxylation sites is 2. The van der Waals surface area contributed by atoms with E-state index in [1.165, 1.54) is 0 Å². The van der Waals surface area contributed by atoms with E-state index in [9.17, 15) is 14.7 Å². The van der Waals surface area contributed by atoms with Crippen molar-refractivity contribution in [1.82, 2.24) is 14.5 Å². The first-order valence-corrected chi connectivity index (χ1v) is 12.7. The normalized spacial score (nSPS) is 17.2. The highest BCUT2D eigenvalue weighted by molar-refractivity contribution is 5.86. The zero-order chi connectivity index (χ0) is 25.4. The first-order valence-electron chi connectivity index (χ1n) is 12.7. The van der Waals surface area contributed by atoms with Crippen molar-refractivity contribution in [2.45, 2.75) is 31.9 Å². The number of carboxylic acids is 1. The maximum atomic E-state index is 12.6. The lowest BCUT2D eigenvalue weighted by Crippen LogP contribution is -2.37. The van der Waals surface area contributed by atoms with Gasteiger partial charge in [0.1, 0.15) is 12.4 Å². The Hall–Kier alpha value is -4.10. The molecule has 2 N–H and O–H groups in total. The van der Waals surface area contributed by atoms with E-state index in [-0.39, 0.29) is 18.2 Å². The van der Waals surface area contributed by atoms with Crippen LogP contribution in [0.25, 0.3) is 16.6 Å². The smallest absolute Gasteiger partial charge is 0.326 e. The zero-order valence-electron chi connectivity index (χ0n) is 20.5. The summed E-state index contributed by atoms with van der Waals surface area (Å²) in [6.45, 7) is 3.03. The van der Waals surface area contributed by atoms with E-state index in [4.69, 9.17) is 4.74 Å². The highest BCUT2D eigenvalue weighted by atomic mass is 16.5. The Bertz CT molecular complexity index is 1560. The van der Waals surface area contributed by atoms with Gasteiger partial charge in [0.15, 0.2) is 0 Å². The molecule has 3 aromatic carbocycles. The molecule has 1 fully saturated rings. The van der Waals surface area contributed by atoms with Gasteiger partial charge < -0.3 is 14.8 Å². The summed E-state index contributed by atoms with van der Waals surface area (Å²) in [6.07, 6.45) is 4.03. The van der Waals surface area contributed by atoms with Gasteiger partial charge in [0.25, 0.3) is 0 Å². The van der Waals surface area contributed by atoms with E-state index in [0.29, 0.717) is 6.61 Å². The van der Waals surface area contributed by atoms with Crippen LogP contribution < -0.4 is 10.4 Å². The number of fused-ring (bicyclic) bond motifs is 3. The Kier molecular flexibility index (Phi) is 6.14. The van der Waals surface area contributed by atoms with Crippen LogP contribution in [0.4, 0.5) is 0 Å². The molecule has 6 rings (SSSR count). The molecule has 7 nitrogen and oxygen atoms in total. The van der Waals surface area contributed by atoms with Gasteiger partial charge in [-0.25, -0.2) is 4.79 Å². The van der Waals surface area contributed by atoms with Gasteiger partial charge in [0, 0.05) is 31.2 Å². The minimum Gasteiger partial charge on any atom is -0.488 e. The number of nitrogens with one attached hydrogen (secondary N) is 1. The molecule has 0 bridgehead atoms. The number of ether oxygens (including phenoxy) is 1. The number of hydrogen-bond acceptors (Lipinski definition) is 4. The second-order valence-corrected chi connectivity index (χ2v) is 9.81. The van der Waals surface area contributed by atoms with Crippen LogP contribution >= 0.6 is 0 Å². The van der Waals surface area contributed by atoms with Crippen LogP contribution in [-0.2, 0) is 17.8 Å². The van der Waals surface area contributed by atoms with E-state index in [1.807, 2.05) is 59.2 Å². The van der Waals surface area contributed by atoms with Gasteiger partial charge in [-0.15, -0.1) is 0 Å². The van der Waals surface area contributed by atoms with Crippen molar-refractivity contribution in [2.75, 3.05) is 19.6 Å². The second kappa shape index (κ2) is 9.75. The third-order valence-corrected chi connectivity index (χ3v) is 7.48. The number of piperidine rings is 1. The largest absolute Gasteiger partial charge is 0.488 e. The fourth-order valence-electron chi connectivity index (χ4n) is 5.64. The SMILES string of the molecule is O=C(O)Cc1ccc2c(c1)C(=CCN1CCC(n3c(=O)[nH]c4ccccc43)CC1)c1ccccc1CO2. The highest BCUT2D eigenvalue weighted by Crippen LogP contribution is 2.37. The molecule has 3 heterocycles. The third-order valence-electron chi connectivity index (χ3n) is 7.48. The molecular formula is C30H29N3O4. The fourth-order valence-corrected chi connectivity index (χ4v) is 5.64. The molecule has 188 valence electrons. The van der Waals surface area contributed by atoms with Crippen molar-refractivity contribution in [2.24, 2.45) is 0 Å². The van der Waals surface area contributed by atoms with Crippen LogP contribution in [0, 0.1) is 0 Å². The Labute approximate surface area is 214 Å². The van der Waals surface area contributed by atoms with Gasteiger partial charge in [-0.05, 0) is 59.4 Å². The van der Waals surface area contributed by atoms with Crippen LogP contribution in [0.3, 0.4) is 0 Å². The van der Waals surface area contributed by atoms with E-state index in [2.05, 4.69) is 28.1 Å². The molecule has 37 heavy (non-hydrogen) atoms. The number of aliphatic carboxylic acids is 1. The quantitative estimate of drug-likeness (QED) is 0.422. The third kappa shape index (κ3) is 4.58. The number of carbonyl (C=O) groups is 1. The van der Waals surface area contributed by atoms with Crippen molar-refractivity contribution < 1.29 is 14.6 Å². The summed E-state index contributed by atoms with van der Waals surface area (Å²) >= 11 is 0. The Morgan fingerprint density at radius 3 is 2.65 bits per heavy atom. The first-order chi connectivity index (χ1) is 18.1. The molecule has 2 aliphatic heterocycles. The molecule has 0 atom stereocenters. The molecule has 2 aliphatic rings. The monoisotopic (exact) mass is 495 g/mol. The number of H-pyrrole nitrogens is 1. The maximum absolute atomic E-state index is 12.6. The summed E-state index contributed by atoms with van der Waals surface area (Å²) in [5.41, 5.74) is 6.81. The lowest BCUT2D eigenvalue weighted by molar-refractivity contribution is -0.136. The summed E-state index contributed by atoms with van der Waals surface area (Å²) in [5.74, 6) is -0.0772. The van der Waals surface area contributed by atoms with Crippen LogP contribution in [0.5, 0.6) is 5.75 Å². The number of aromatic nitrogens is 2. The van der Waals surface area contributed by atoms with Crippen molar-refractivity contribution in [3.8, 4) is 5.75 Å². The van der Waals surface area contributed by atoms with Crippen LogP contribution in [-0.4, -0.2) is 45.2 Å². The standard InChI is InChI=1S/C30H29N3O4/c34-29(35)18-20-9-10-28-25(17-20)24(23-6-2-1-5-21(23)19-37-28)13-16-32-14-11-22(12-15-32)33-27-8-4-3-7-26(27)31-30(33)36/h1-10,13,17,22H,11-12,14-16,18-19H2,(H,31,36)(H,34,35). The second-order valence-electron chi connectivity index (χ2n) is 9.81. The van der Waals surface area contributed by atoms with Gasteiger partial charge in [0.2, 0.25) is 0 Å². The first kappa shape index (κ1) is 23.3. The molecule has 0 unspecified atom stereocenters. The minimum absolute atomic E-state index is 0.0249. The highest BCUT2D eigenvalue weighted by Gasteiger charge is 2.24. The van der Waals surface area contributed by atoms with Crippen molar-refractivity contribution >= 4 is 22.6 Å². The molecule has 7 heteroatoms. The minimum atomic E-state index is -0.849. The van der Waals surface area contributed by atoms with Crippen molar-refractivity contribution in [3.05, 3.63) is 106 Å². The molecule has 1 aromatic heterocycles. The van der Waals surface area contributed by atoms with Crippen LogP contribution in [0.15, 0.2) is 77.6 Å². The van der Waals surface area contributed by atoms with Crippen molar-refractivity contribution in [3.63, 3.8) is 0 Å². The van der Waals surface area contributed by atoms with E-state index in [1.54, 1.807) is 0 Å². The summed E-state index contributed by atoms with van der Waals surface area (Å²) in [7, 11) is 0. The number of benzene rings is 3. The molecule has 0 radical (unpaired) electrons. The molecule has 0 saturated carbocycles. The van der Waals surface area contributed by atoms with Gasteiger partial charge in [-0.2, -0.15) is 0 Å². The van der Waals surface area contributed by atoms with Crippen molar-refractivity contribution in [1.29, 1.82) is 0 Å². The Morgan fingerprint density at radius 1 is 1.03 bits per heavy atom. The molecule has 4 aromatic rings. The number of rotatable bonds is 5. The fraction of sp³-hybridized carbons (Fsp3) is 0.267. The summed E-state index contributed by atoms with van der Waals surface area (Å²) in [5, 5.41) is 9.31. The molecule has 0 spiro atoms. The molecule has 1 saturated heterocycles. The Balaban J connectivity index is 1.26. The van der Waals surface area contributed by atoms with Gasteiger partial charge in [-0.3, -0.25) is 14.3 Å². The molecule has 0 amide bonds. The number of carboxylic acid groups (broad SMARTS) is 1. The number of nitrogens with zero attached hydrogens (tertiary/aromatic N) is 2. The average Bonchev–Trinajstić information content (AvgIpc) is 3.15. The maximum Gasteiger partial charge on any atom is 0.326 e. The van der Waals surface area contributed by atoms with E-state index >= 15 is 0 Å². The predicted octanol–water partition coefficient (Wildman–Crippen LogP) is 4.62. The summed E-state index contributed by atoms with van der Waals surface area (Å²) in [4.78, 5) is 29.4. The molecular weight excluding hydrogens is 466 g/mol. The number of imidazole rings is 1. The van der Waals surface area contributed by atoms with Crippen LogP contribution in [0.1, 0.15) is 41.1 Å². The number of aromatic amines is 1. The van der Waals surface area contributed by atoms with Gasteiger partial charge >= 0.3 is 11.7 Å². The van der Waals surface area contributed by atoms with Gasteiger partial charge in [-0.1, -0.05) is 48.5 Å². The zero-order valence-corrected chi connectivity index (χ0v) is 20.5. The van der Waals surface area contributed by atoms with Gasteiger partial charge in [0.05, 0.1) is 17.5 Å². The summed E-state index contributed by atoms with van der Waals surface area (Å²) in [6, 6.07) is 22.0. The Morgan fingerprint density at radius 2 is 1.81 bits per heavy atom. The number of hydrogen-bond donors (Lipinski definition) is 2. The average molecular weight is 496 g/mol. The topological polar surface area (TPSA) is 87.6 Å².